The summed E-state index contributed by atoms with van der Waals surface area (Å²) >= 11 is 0. The van der Waals surface area contributed by atoms with E-state index < -0.39 is 17.6 Å². The van der Waals surface area contributed by atoms with Gasteiger partial charge in [-0.3, -0.25) is 14.8 Å². The van der Waals surface area contributed by atoms with Gasteiger partial charge in [-0.15, -0.1) is 0 Å². The number of benzene rings is 1. The summed E-state index contributed by atoms with van der Waals surface area (Å²) in [5.41, 5.74) is 0.765. The Morgan fingerprint density at radius 2 is 1.77 bits per heavy atom. The van der Waals surface area contributed by atoms with Crippen LogP contribution in [0.25, 0.3) is 11.3 Å². The first-order chi connectivity index (χ1) is 14.1. The lowest BCUT2D eigenvalue weighted by atomic mass is 9.95. The van der Waals surface area contributed by atoms with Crippen LogP contribution in [0.1, 0.15) is 19.5 Å². The zero-order valence-electron chi connectivity index (χ0n) is 16.7. The molecule has 2 aromatic rings. The zero-order valence-corrected chi connectivity index (χ0v) is 16.7. The number of alkyl halides is 3. The van der Waals surface area contributed by atoms with E-state index in [1.165, 1.54) is 19.5 Å². The van der Waals surface area contributed by atoms with Crippen molar-refractivity contribution in [1.82, 2.24) is 15.3 Å². The first kappa shape index (κ1) is 21.5. The number of carbonyl (C=O) groups excluding carboxylic acids is 1. The minimum atomic E-state index is -4.37. The molecule has 10 heteroatoms. The molecule has 7 nitrogen and oxygen atoms in total. The molecule has 0 spiro atoms. The lowest BCUT2D eigenvalue weighted by Gasteiger charge is -2.21. The number of nitrogens with zero attached hydrogens (tertiary/aromatic N) is 3. The van der Waals surface area contributed by atoms with Crippen molar-refractivity contribution >= 4 is 11.8 Å². The topological polar surface area (TPSA) is 85.7 Å². The van der Waals surface area contributed by atoms with Crippen molar-refractivity contribution in [3.8, 4) is 17.0 Å². The number of hydrogen-bond donors (Lipinski definition) is 1. The fourth-order valence-electron chi connectivity index (χ4n) is 2.70. The van der Waals surface area contributed by atoms with Crippen molar-refractivity contribution in [2.24, 2.45) is 10.4 Å². The van der Waals surface area contributed by atoms with Crippen LogP contribution in [0.5, 0.6) is 5.75 Å². The van der Waals surface area contributed by atoms with Crippen LogP contribution in [0, 0.1) is 5.41 Å². The Kier molecular flexibility index (Phi) is 5.95. The Labute approximate surface area is 171 Å². The number of carbonyl (C=O) groups is 1. The second-order valence-electron chi connectivity index (χ2n) is 7.40. The number of amidine groups is 1. The lowest BCUT2D eigenvalue weighted by molar-refractivity contribution is -0.152. The molecule has 0 amide bonds. The van der Waals surface area contributed by atoms with Gasteiger partial charge >= 0.3 is 12.1 Å². The maximum Gasteiger partial charge on any atom is 0.410 e. The standard InChI is InChI=1S/C20H21F3N4O3/c1-19(2,18(28)29-3)11-30-13-6-4-12(5-7-13)14-8-25-15(9-24-14)17-26-10-16(27-17)20(21,22)23/h4-9,16H,10-11H2,1-3H3,(H,26,27). The van der Waals surface area contributed by atoms with E-state index in [1.54, 1.807) is 38.1 Å². The second kappa shape index (κ2) is 8.29. The molecule has 2 heterocycles. The minimum absolute atomic E-state index is 0.0772. The summed E-state index contributed by atoms with van der Waals surface area (Å²) in [6.07, 6.45) is -1.52. The van der Waals surface area contributed by atoms with Gasteiger partial charge in [-0.2, -0.15) is 13.2 Å². The smallest absolute Gasteiger partial charge is 0.410 e. The van der Waals surface area contributed by atoms with Crippen LogP contribution in [0.2, 0.25) is 0 Å². The molecule has 1 aliphatic rings. The normalized spacial score (nSPS) is 16.6. The molecule has 0 radical (unpaired) electrons. The molecule has 30 heavy (non-hydrogen) atoms. The number of halogens is 3. The van der Waals surface area contributed by atoms with Gasteiger partial charge in [0.15, 0.2) is 0 Å². The largest absolute Gasteiger partial charge is 0.492 e. The maximum atomic E-state index is 12.7. The molecule has 1 aromatic carbocycles. The molecule has 1 N–H and O–H groups in total. The first-order valence-electron chi connectivity index (χ1n) is 9.12. The highest BCUT2D eigenvalue weighted by molar-refractivity contribution is 5.98. The van der Waals surface area contributed by atoms with E-state index in [0.717, 1.165) is 5.56 Å². The number of aliphatic imine (C=N–C) groups is 1. The molecule has 0 saturated heterocycles. The molecule has 1 aromatic heterocycles. The fraction of sp³-hybridized carbons (Fsp3) is 0.400. The van der Waals surface area contributed by atoms with Crippen molar-refractivity contribution in [1.29, 1.82) is 0 Å². The molecular weight excluding hydrogens is 401 g/mol. The highest BCUT2D eigenvalue weighted by Gasteiger charge is 2.42. The van der Waals surface area contributed by atoms with Crippen LogP contribution >= 0.6 is 0 Å². The van der Waals surface area contributed by atoms with Crippen LogP contribution in [0.4, 0.5) is 13.2 Å². The van der Waals surface area contributed by atoms with Crippen molar-refractivity contribution in [2.45, 2.75) is 26.1 Å². The number of methoxy groups -OCH3 is 1. The van der Waals surface area contributed by atoms with Crippen molar-refractivity contribution in [3.63, 3.8) is 0 Å². The summed E-state index contributed by atoms with van der Waals surface area (Å²) in [6.45, 7) is 3.23. The fourth-order valence-corrected chi connectivity index (χ4v) is 2.70. The predicted octanol–water partition coefficient (Wildman–Crippen LogP) is 3.00. The van der Waals surface area contributed by atoms with Crippen molar-refractivity contribution in [2.75, 3.05) is 20.3 Å². The monoisotopic (exact) mass is 422 g/mol. The average molecular weight is 422 g/mol. The summed E-state index contributed by atoms with van der Waals surface area (Å²) in [5, 5.41) is 2.33. The highest BCUT2D eigenvalue weighted by atomic mass is 19.4. The maximum absolute atomic E-state index is 12.7. The average Bonchev–Trinajstić information content (AvgIpc) is 3.23. The molecule has 0 bridgehead atoms. The van der Waals surface area contributed by atoms with Crippen LogP contribution in [0.3, 0.4) is 0 Å². The lowest BCUT2D eigenvalue weighted by Crippen LogP contribution is -2.42. The van der Waals surface area contributed by atoms with Crippen molar-refractivity contribution < 1.29 is 27.4 Å². The Balaban J connectivity index is 1.63. The SMILES string of the molecule is COC(=O)C(C)(C)COc1ccc(-c2cnc(C3=NCC(C(F)(F)F)N3)cn2)cc1. The summed E-state index contributed by atoms with van der Waals surface area (Å²) in [5.74, 6) is 0.286. The predicted molar refractivity (Wildman–Crippen MR) is 103 cm³/mol. The molecule has 160 valence electrons. The Morgan fingerprint density at radius 1 is 1.13 bits per heavy atom. The molecule has 0 fully saturated rings. The van der Waals surface area contributed by atoms with E-state index >= 15 is 0 Å². The molecule has 0 aliphatic carbocycles. The van der Waals surface area contributed by atoms with E-state index in [-0.39, 0.29) is 30.7 Å². The summed E-state index contributed by atoms with van der Waals surface area (Å²) in [7, 11) is 1.33. The number of esters is 1. The molecule has 1 unspecified atom stereocenters. The van der Waals surface area contributed by atoms with E-state index in [0.29, 0.717) is 11.4 Å². The third kappa shape index (κ3) is 4.87. The highest BCUT2D eigenvalue weighted by Crippen LogP contribution is 2.25. The van der Waals surface area contributed by atoms with Crippen LogP contribution in [-0.4, -0.2) is 54.3 Å². The Hall–Kier alpha value is -3.17. The molecule has 3 rings (SSSR count). The third-order valence-electron chi connectivity index (χ3n) is 4.52. The molecule has 1 atom stereocenters. The zero-order chi connectivity index (χ0) is 21.9. The first-order valence-corrected chi connectivity index (χ1v) is 9.12. The van der Waals surface area contributed by atoms with Crippen LogP contribution < -0.4 is 10.1 Å². The van der Waals surface area contributed by atoms with Crippen molar-refractivity contribution in [3.05, 3.63) is 42.4 Å². The van der Waals surface area contributed by atoms with Crippen LogP contribution in [-0.2, 0) is 9.53 Å². The Bertz CT molecular complexity index is 926. The molecule has 1 aliphatic heterocycles. The summed E-state index contributed by atoms with van der Waals surface area (Å²) in [4.78, 5) is 24.0. The van der Waals surface area contributed by atoms with Gasteiger partial charge < -0.3 is 14.8 Å². The minimum Gasteiger partial charge on any atom is -0.492 e. The van der Waals surface area contributed by atoms with Gasteiger partial charge in [0.05, 0.1) is 37.2 Å². The van der Waals surface area contributed by atoms with E-state index in [9.17, 15) is 18.0 Å². The van der Waals surface area contributed by atoms with Gasteiger partial charge in [0.25, 0.3) is 0 Å². The second-order valence-corrected chi connectivity index (χ2v) is 7.40. The van der Waals surface area contributed by atoms with Gasteiger partial charge in [0.2, 0.25) is 0 Å². The van der Waals surface area contributed by atoms with E-state index in [1.807, 2.05) is 0 Å². The number of aromatic nitrogens is 2. The van der Waals surface area contributed by atoms with Gasteiger partial charge in [0.1, 0.15) is 29.9 Å². The summed E-state index contributed by atoms with van der Waals surface area (Å²) < 4.78 is 48.6. The van der Waals surface area contributed by atoms with Gasteiger partial charge in [-0.05, 0) is 38.1 Å². The van der Waals surface area contributed by atoms with Gasteiger partial charge in [-0.1, -0.05) is 0 Å². The number of hydrogen-bond acceptors (Lipinski definition) is 7. The summed E-state index contributed by atoms with van der Waals surface area (Å²) in [6, 6.07) is 5.30. The third-order valence-corrected chi connectivity index (χ3v) is 4.52. The number of rotatable bonds is 6. The van der Waals surface area contributed by atoms with E-state index in [4.69, 9.17) is 9.47 Å². The molecular formula is C20H21F3N4O3. The van der Waals surface area contributed by atoms with Gasteiger partial charge in [0, 0.05) is 5.56 Å². The van der Waals surface area contributed by atoms with Gasteiger partial charge in [-0.25, -0.2) is 4.98 Å². The number of ether oxygens (including phenoxy) is 2. The quantitative estimate of drug-likeness (QED) is 0.721. The molecule has 0 saturated carbocycles. The van der Waals surface area contributed by atoms with Crippen LogP contribution in [0.15, 0.2) is 41.7 Å². The number of nitrogens with one attached hydrogen (secondary N) is 1. The Morgan fingerprint density at radius 3 is 2.30 bits per heavy atom. The van der Waals surface area contributed by atoms with E-state index in [2.05, 4.69) is 20.3 Å².